The molecule has 1 aliphatic rings. The Morgan fingerprint density at radius 1 is 1.33 bits per heavy atom. The van der Waals surface area contributed by atoms with Crippen molar-refractivity contribution in [3.05, 3.63) is 23.5 Å². The van der Waals surface area contributed by atoms with E-state index in [1.807, 2.05) is 20.8 Å². The summed E-state index contributed by atoms with van der Waals surface area (Å²) in [6, 6.07) is 0. The molecule has 1 aromatic rings. The standard InChI is InChI=1S/C15H22N2O4/c1-5-20-13(18)12-7-16-6-11(12)10-8-17(9-10)14(19)21-15(2,3)4/h6-7,10,16H,5,8-9H2,1-4H3. The quantitative estimate of drug-likeness (QED) is 0.870. The van der Waals surface area contributed by atoms with Crippen molar-refractivity contribution in [3.8, 4) is 0 Å². The second kappa shape index (κ2) is 5.79. The van der Waals surface area contributed by atoms with E-state index in [9.17, 15) is 9.59 Å². The zero-order valence-electron chi connectivity index (χ0n) is 12.9. The third-order valence-electron chi connectivity index (χ3n) is 3.25. The van der Waals surface area contributed by atoms with Gasteiger partial charge >= 0.3 is 12.1 Å². The second-order valence-electron chi connectivity index (χ2n) is 6.13. The maximum atomic E-state index is 11.9. The molecule has 0 atom stereocenters. The first-order valence-electron chi connectivity index (χ1n) is 7.13. The molecule has 0 spiro atoms. The molecule has 116 valence electrons. The molecule has 0 aromatic carbocycles. The van der Waals surface area contributed by atoms with Crippen molar-refractivity contribution in [2.75, 3.05) is 19.7 Å². The summed E-state index contributed by atoms with van der Waals surface area (Å²) in [6.07, 6.45) is 3.12. The van der Waals surface area contributed by atoms with Crippen molar-refractivity contribution in [2.24, 2.45) is 0 Å². The van der Waals surface area contributed by atoms with Crippen LogP contribution in [0.2, 0.25) is 0 Å². The molecule has 6 nitrogen and oxygen atoms in total. The van der Waals surface area contributed by atoms with Gasteiger partial charge in [-0.3, -0.25) is 0 Å². The van der Waals surface area contributed by atoms with Crippen LogP contribution in [0.15, 0.2) is 12.4 Å². The van der Waals surface area contributed by atoms with Crippen molar-refractivity contribution in [2.45, 2.75) is 39.2 Å². The Hall–Kier alpha value is -1.98. The molecule has 0 aliphatic carbocycles. The number of esters is 1. The molecule has 6 heteroatoms. The average Bonchev–Trinajstić information content (AvgIpc) is 2.73. The van der Waals surface area contributed by atoms with Gasteiger partial charge in [0.15, 0.2) is 0 Å². The number of likely N-dealkylation sites (tertiary alicyclic amines) is 1. The Balaban J connectivity index is 1.95. The van der Waals surface area contributed by atoms with E-state index < -0.39 is 5.60 Å². The Bertz CT molecular complexity index is 524. The lowest BCUT2D eigenvalue weighted by atomic mass is 9.91. The van der Waals surface area contributed by atoms with Crippen LogP contribution in [0.25, 0.3) is 0 Å². The number of H-pyrrole nitrogens is 1. The normalized spacial score (nSPS) is 15.5. The van der Waals surface area contributed by atoms with Crippen molar-refractivity contribution in [3.63, 3.8) is 0 Å². The predicted octanol–water partition coefficient (Wildman–Crippen LogP) is 2.53. The van der Waals surface area contributed by atoms with Gasteiger partial charge in [0.05, 0.1) is 12.2 Å². The summed E-state index contributed by atoms with van der Waals surface area (Å²) in [6.45, 7) is 8.75. The number of hydrogen-bond acceptors (Lipinski definition) is 4. The van der Waals surface area contributed by atoms with Crippen molar-refractivity contribution < 1.29 is 19.1 Å². The van der Waals surface area contributed by atoms with Crippen LogP contribution < -0.4 is 0 Å². The van der Waals surface area contributed by atoms with Gasteiger partial charge < -0.3 is 19.4 Å². The molecule has 0 radical (unpaired) electrons. The topological polar surface area (TPSA) is 71.6 Å². The molecule has 1 amide bonds. The van der Waals surface area contributed by atoms with Crippen LogP contribution in [0.5, 0.6) is 0 Å². The third kappa shape index (κ3) is 3.56. The van der Waals surface area contributed by atoms with Crippen LogP contribution in [-0.4, -0.2) is 47.2 Å². The molecule has 1 aromatic heterocycles. The van der Waals surface area contributed by atoms with Crippen molar-refractivity contribution >= 4 is 12.1 Å². The maximum Gasteiger partial charge on any atom is 0.410 e. The number of hydrogen-bond donors (Lipinski definition) is 1. The second-order valence-corrected chi connectivity index (χ2v) is 6.13. The van der Waals surface area contributed by atoms with Crippen molar-refractivity contribution in [1.82, 2.24) is 9.88 Å². The van der Waals surface area contributed by atoms with Crippen LogP contribution in [0.1, 0.15) is 49.5 Å². The summed E-state index contributed by atoms with van der Waals surface area (Å²) in [5, 5.41) is 0. The number of ether oxygens (including phenoxy) is 2. The Morgan fingerprint density at radius 2 is 2.00 bits per heavy atom. The fourth-order valence-corrected chi connectivity index (χ4v) is 2.25. The van der Waals surface area contributed by atoms with Gasteiger partial charge in [0.1, 0.15) is 5.60 Å². The minimum Gasteiger partial charge on any atom is -0.462 e. The first kappa shape index (κ1) is 15.4. The fraction of sp³-hybridized carbons (Fsp3) is 0.600. The van der Waals surface area contributed by atoms with Gasteiger partial charge in [-0.1, -0.05) is 0 Å². The van der Waals surface area contributed by atoms with Crippen LogP contribution in [0.4, 0.5) is 4.79 Å². The van der Waals surface area contributed by atoms with Crippen LogP contribution in [-0.2, 0) is 9.47 Å². The van der Waals surface area contributed by atoms with Gasteiger partial charge in [-0.25, -0.2) is 9.59 Å². The molecule has 0 saturated carbocycles. The summed E-state index contributed by atoms with van der Waals surface area (Å²) < 4.78 is 10.3. The first-order chi connectivity index (χ1) is 9.81. The number of nitrogens with one attached hydrogen (secondary N) is 1. The Kier molecular flexibility index (Phi) is 4.25. The first-order valence-corrected chi connectivity index (χ1v) is 7.13. The average molecular weight is 294 g/mol. The lowest BCUT2D eigenvalue weighted by Crippen LogP contribution is -2.50. The fourth-order valence-electron chi connectivity index (χ4n) is 2.25. The van der Waals surface area contributed by atoms with Gasteiger partial charge in [0.2, 0.25) is 0 Å². The zero-order valence-corrected chi connectivity index (χ0v) is 12.9. The lowest BCUT2D eigenvalue weighted by molar-refractivity contribution is 0.00813. The van der Waals surface area contributed by atoms with E-state index in [1.54, 1.807) is 24.2 Å². The largest absolute Gasteiger partial charge is 0.462 e. The summed E-state index contributed by atoms with van der Waals surface area (Å²) in [7, 11) is 0. The summed E-state index contributed by atoms with van der Waals surface area (Å²) >= 11 is 0. The molecule has 1 N–H and O–H groups in total. The van der Waals surface area contributed by atoms with E-state index in [4.69, 9.17) is 9.47 Å². The molecule has 2 rings (SSSR count). The molecule has 1 aliphatic heterocycles. The highest BCUT2D eigenvalue weighted by Gasteiger charge is 2.36. The highest BCUT2D eigenvalue weighted by molar-refractivity contribution is 5.91. The molecule has 0 unspecified atom stereocenters. The van der Waals surface area contributed by atoms with E-state index in [-0.39, 0.29) is 18.0 Å². The molecule has 1 fully saturated rings. The van der Waals surface area contributed by atoms with Crippen LogP contribution in [0.3, 0.4) is 0 Å². The molecule has 1 saturated heterocycles. The number of carbonyl (C=O) groups is 2. The summed E-state index contributed by atoms with van der Waals surface area (Å²) in [5.41, 5.74) is 0.950. The van der Waals surface area contributed by atoms with E-state index in [0.29, 0.717) is 25.3 Å². The monoisotopic (exact) mass is 294 g/mol. The number of aromatic nitrogens is 1. The van der Waals surface area contributed by atoms with Crippen LogP contribution in [0, 0.1) is 0 Å². The smallest absolute Gasteiger partial charge is 0.410 e. The minimum atomic E-state index is -0.494. The summed E-state index contributed by atoms with van der Waals surface area (Å²) in [4.78, 5) is 28.3. The molecule has 21 heavy (non-hydrogen) atoms. The van der Waals surface area contributed by atoms with E-state index >= 15 is 0 Å². The van der Waals surface area contributed by atoms with Crippen molar-refractivity contribution in [1.29, 1.82) is 0 Å². The SMILES string of the molecule is CCOC(=O)c1c[nH]cc1C1CN(C(=O)OC(C)(C)C)C1. The minimum absolute atomic E-state index is 0.142. The van der Waals surface area contributed by atoms with E-state index in [0.717, 1.165) is 5.56 Å². The van der Waals surface area contributed by atoms with Crippen LogP contribution >= 0.6 is 0 Å². The number of aromatic amines is 1. The van der Waals surface area contributed by atoms with Gasteiger partial charge in [0, 0.05) is 31.4 Å². The number of carbonyl (C=O) groups excluding carboxylic acids is 2. The van der Waals surface area contributed by atoms with Gasteiger partial charge in [-0.2, -0.15) is 0 Å². The van der Waals surface area contributed by atoms with E-state index in [2.05, 4.69) is 4.98 Å². The van der Waals surface area contributed by atoms with Gasteiger partial charge in [-0.05, 0) is 33.3 Å². The Morgan fingerprint density at radius 3 is 2.57 bits per heavy atom. The number of amides is 1. The maximum absolute atomic E-state index is 11.9. The molecule has 0 bridgehead atoms. The highest BCUT2D eigenvalue weighted by Crippen LogP contribution is 2.30. The molecular formula is C15H22N2O4. The Labute approximate surface area is 124 Å². The van der Waals surface area contributed by atoms with E-state index in [1.165, 1.54) is 0 Å². The van der Waals surface area contributed by atoms with Gasteiger partial charge in [0.25, 0.3) is 0 Å². The molecule has 2 heterocycles. The third-order valence-corrected chi connectivity index (χ3v) is 3.25. The zero-order chi connectivity index (χ0) is 15.6. The van der Waals surface area contributed by atoms with Gasteiger partial charge in [-0.15, -0.1) is 0 Å². The highest BCUT2D eigenvalue weighted by atomic mass is 16.6. The summed E-state index contributed by atoms with van der Waals surface area (Å²) in [5.74, 6) is -0.187. The molecular weight excluding hydrogens is 272 g/mol. The lowest BCUT2D eigenvalue weighted by Gasteiger charge is -2.39. The number of nitrogens with zero attached hydrogens (tertiary/aromatic N) is 1. The number of rotatable bonds is 3. The predicted molar refractivity (Wildman–Crippen MR) is 77.3 cm³/mol.